The Bertz CT molecular complexity index is 853. The summed E-state index contributed by atoms with van der Waals surface area (Å²) in [5.74, 6) is 1.48. The van der Waals surface area contributed by atoms with Gasteiger partial charge in [-0.05, 0) is 31.4 Å². The lowest BCUT2D eigenvalue weighted by molar-refractivity contribution is 0.0835. The molecular weight excluding hydrogens is 294 g/mol. The number of aryl methyl sites for hydroxylation is 1. The van der Waals surface area contributed by atoms with E-state index in [-0.39, 0.29) is 6.10 Å². The van der Waals surface area contributed by atoms with Crippen molar-refractivity contribution < 1.29 is 14.0 Å². The van der Waals surface area contributed by atoms with E-state index >= 15 is 0 Å². The van der Waals surface area contributed by atoms with Gasteiger partial charge in [-0.2, -0.15) is 4.98 Å². The molecule has 1 aliphatic heterocycles. The molecule has 3 heterocycles. The smallest absolute Gasteiger partial charge is 0.256 e. The molecular formula is C17H17N3O3. The normalized spacial score (nSPS) is 17.7. The molecule has 6 nitrogen and oxygen atoms in total. The van der Waals surface area contributed by atoms with Crippen LogP contribution in [0.2, 0.25) is 0 Å². The fraction of sp³-hybridized carbons (Fsp3) is 0.353. The number of rotatable bonds is 3. The molecule has 0 bridgehead atoms. The van der Waals surface area contributed by atoms with E-state index in [2.05, 4.69) is 15.1 Å². The van der Waals surface area contributed by atoms with Gasteiger partial charge < -0.3 is 14.0 Å². The van der Waals surface area contributed by atoms with Gasteiger partial charge in [0.2, 0.25) is 11.7 Å². The SMILES string of the molecule is COc1nc2c(C)cccc2cc1-c1noc(C2CCCO2)n1. The van der Waals surface area contributed by atoms with Gasteiger partial charge in [0.1, 0.15) is 6.10 Å². The molecule has 118 valence electrons. The summed E-state index contributed by atoms with van der Waals surface area (Å²) < 4.78 is 16.4. The Hall–Kier alpha value is -2.47. The second-order valence-corrected chi connectivity index (χ2v) is 5.65. The fourth-order valence-corrected chi connectivity index (χ4v) is 2.89. The zero-order chi connectivity index (χ0) is 15.8. The molecule has 23 heavy (non-hydrogen) atoms. The van der Waals surface area contributed by atoms with Crippen LogP contribution < -0.4 is 4.74 Å². The first-order valence-electron chi connectivity index (χ1n) is 7.66. The molecule has 4 rings (SSSR count). The van der Waals surface area contributed by atoms with Gasteiger partial charge in [-0.3, -0.25) is 0 Å². The molecule has 1 unspecified atom stereocenters. The summed E-state index contributed by atoms with van der Waals surface area (Å²) in [6.45, 7) is 2.76. The molecule has 2 aromatic heterocycles. The summed E-state index contributed by atoms with van der Waals surface area (Å²) >= 11 is 0. The molecule has 0 radical (unpaired) electrons. The summed E-state index contributed by atoms with van der Waals surface area (Å²) in [5.41, 5.74) is 2.73. The number of para-hydroxylation sites is 1. The van der Waals surface area contributed by atoms with Crippen molar-refractivity contribution in [2.24, 2.45) is 0 Å². The molecule has 1 saturated heterocycles. The highest BCUT2D eigenvalue weighted by Crippen LogP contribution is 2.33. The average molecular weight is 311 g/mol. The lowest BCUT2D eigenvalue weighted by atomic mass is 10.1. The van der Waals surface area contributed by atoms with Crippen LogP contribution in [-0.4, -0.2) is 28.8 Å². The van der Waals surface area contributed by atoms with Crippen LogP contribution in [0.5, 0.6) is 5.88 Å². The largest absolute Gasteiger partial charge is 0.480 e. The Labute approximate surface area is 133 Å². The lowest BCUT2D eigenvalue weighted by Gasteiger charge is -2.08. The van der Waals surface area contributed by atoms with E-state index in [9.17, 15) is 0 Å². The van der Waals surface area contributed by atoms with E-state index in [0.717, 1.165) is 41.5 Å². The quantitative estimate of drug-likeness (QED) is 0.738. The van der Waals surface area contributed by atoms with Gasteiger partial charge >= 0.3 is 0 Å². The van der Waals surface area contributed by atoms with E-state index in [1.807, 2.05) is 31.2 Å². The van der Waals surface area contributed by atoms with Crippen LogP contribution >= 0.6 is 0 Å². The number of hydrogen-bond donors (Lipinski definition) is 0. The number of pyridine rings is 1. The zero-order valence-corrected chi connectivity index (χ0v) is 13.1. The summed E-state index contributed by atoms with van der Waals surface area (Å²) in [5, 5.41) is 5.10. The average Bonchev–Trinajstić information content (AvgIpc) is 3.25. The predicted molar refractivity (Wildman–Crippen MR) is 84.3 cm³/mol. The first-order valence-corrected chi connectivity index (χ1v) is 7.66. The third kappa shape index (κ3) is 2.45. The number of benzene rings is 1. The van der Waals surface area contributed by atoms with Gasteiger partial charge in [-0.1, -0.05) is 23.4 Å². The van der Waals surface area contributed by atoms with Crippen molar-refractivity contribution in [3.8, 4) is 17.3 Å². The minimum absolute atomic E-state index is 0.0992. The van der Waals surface area contributed by atoms with E-state index in [1.165, 1.54) is 0 Å². The van der Waals surface area contributed by atoms with Crippen LogP contribution in [0.25, 0.3) is 22.3 Å². The van der Waals surface area contributed by atoms with Gasteiger partial charge in [0, 0.05) is 12.0 Å². The monoisotopic (exact) mass is 311 g/mol. The standard InChI is InChI=1S/C17H17N3O3/c1-10-5-3-6-11-9-12(16(21-2)18-14(10)11)15-19-17(23-20-15)13-7-4-8-22-13/h3,5-6,9,13H,4,7-8H2,1-2H3. The third-order valence-electron chi connectivity index (χ3n) is 4.09. The molecule has 1 aliphatic rings. The Morgan fingerprint density at radius 1 is 1.26 bits per heavy atom. The van der Waals surface area contributed by atoms with Crippen LogP contribution in [0.4, 0.5) is 0 Å². The number of aromatic nitrogens is 3. The van der Waals surface area contributed by atoms with Gasteiger partial charge in [0.05, 0.1) is 18.2 Å². The van der Waals surface area contributed by atoms with Gasteiger partial charge in [-0.25, -0.2) is 4.98 Å². The Morgan fingerprint density at radius 2 is 2.17 bits per heavy atom. The second kappa shape index (κ2) is 5.62. The first kappa shape index (κ1) is 14.1. The van der Waals surface area contributed by atoms with Crippen LogP contribution in [-0.2, 0) is 4.74 Å². The number of methoxy groups -OCH3 is 1. The molecule has 1 fully saturated rings. The summed E-state index contributed by atoms with van der Waals surface area (Å²) in [7, 11) is 1.59. The molecule has 6 heteroatoms. The van der Waals surface area contributed by atoms with Crippen molar-refractivity contribution in [3.63, 3.8) is 0 Å². The highest BCUT2D eigenvalue weighted by Gasteiger charge is 2.25. The number of ether oxygens (including phenoxy) is 2. The van der Waals surface area contributed by atoms with Crippen molar-refractivity contribution in [2.45, 2.75) is 25.9 Å². The highest BCUT2D eigenvalue weighted by molar-refractivity contribution is 5.87. The van der Waals surface area contributed by atoms with E-state index in [4.69, 9.17) is 14.0 Å². The molecule has 0 saturated carbocycles. The van der Waals surface area contributed by atoms with E-state index in [0.29, 0.717) is 17.6 Å². The number of nitrogens with zero attached hydrogens (tertiary/aromatic N) is 3. The van der Waals surface area contributed by atoms with Gasteiger partial charge in [0.25, 0.3) is 5.89 Å². The minimum Gasteiger partial charge on any atom is -0.480 e. The third-order valence-corrected chi connectivity index (χ3v) is 4.09. The van der Waals surface area contributed by atoms with Crippen molar-refractivity contribution in [3.05, 3.63) is 35.7 Å². The van der Waals surface area contributed by atoms with Crippen LogP contribution in [0.15, 0.2) is 28.8 Å². The Kier molecular flexibility index (Phi) is 3.46. The van der Waals surface area contributed by atoms with Crippen molar-refractivity contribution in [2.75, 3.05) is 13.7 Å². The molecule has 1 atom stereocenters. The van der Waals surface area contributed by atoms with Crippen molar-refractivity contribution in [1.29, 1.82) is 0 Å². The van der Waals surface area contributed by atoms with E-state index < -0.39 is 0 Å². The summed E-state index contributed by atoms with van der Waals surface area (Å²) in [4.78, 5) is 9.08. The van der Waals surface area contributed by atoms with Gasteiger partial charge in [0.15, 0.2) is 0 Å². The van der Waals surface area contributed by atoms with Crippen molar-refractivity contribution in [1.82, 2.24) is 15.1 Å². The predicted octanol–water partition coefficient (Wildman–Crippen LogP) is 3.45. The minimum atomic E-state index is -0.0992. The maximum absolute atomic E-state index is 5.59. The first-order chi connectivity index (χ1) is 11.3. The molecule has 0 aliphatic carbocycles. The fourth-order valence-electron chi connectivity index (χ4n) is 2.89. The highest BCUT2D eigenvalue weighted by atomic mass is 16.5. The van der Waals surface area contributed by atoms with Crippen LogP contribution in [0.1, 0.15) is 30.4 Å². The maximum Gasteiger partial charge on any atom is 0.256 e. The molecule has 0 N–H and O–H groups in total. The summed E-state index contributed by atoms with van der Waals surface area (Å²) in [6.07, 6.45) is 1.83. The zero-order valence-electron chi connectivity index (χ0n) is 13.1. The number of fused-ring (bicyclic) bond motifs is 1. The summed E-state index contributed by atoms with van der Waals surface area (Å²) in [6, 6.07) is 8.03. The van der Waals surface area contributed by atoms with Crippen LogP contribution in [0.3, 0.4) is 0 Å². The second-order valence-electron chi connectivity index (χ2n) is 5.65. The van der Waals surface area contributed by atoms with E-state index in [1.54, 1.807) is 7.11 Å². The Balaban J connectivity index is 1.81. The molecule has 0 spiro atoms. The number of hydrogen-bond acceptors (Lipinski definition) is 6. The van der Waals surface area contributed by atoms with Gasteiger partial charge in [-0.15, -0.1) is 0 Å². The van der Waals surface area contributed by atoms with Crippen molar-refractivity contribution >= 4 is 10.9 Å². The lowest BCUT2D eigenvalue weighted by Crippen LogP contribution is -1.97. The molecule has 3 aromatic rings. The van der Waals surface area contributed by atoms with Crippen LogP contribution in [0, 0.1) is 6.92 Å². The Morgan fingerprint density at radius 3 is 2.96 bits per heavy atom. The molecule has 1 aromatic carbocycles. The maximum atomic E-state index is 5.59. The topological polar surface area (TPSA) is 70.3 Å². The molecule has 0 amide bonds.